The number of carbonyl (C=O) groups excluding carboxylic acids is 2. The molecule has 10 nitrogen and oxygen atoms in total. The number of phenolic OH excluding ortho intramolecular Hbond substituents is 1. The minimum atomic E-state index is -1.24. The van der Waals surface area contributed by atoms with Gasteiger partial charge in [-0.1, -0.05) is 42.5 Å². The van der Waals surface area contributed by atoms with E-state index in [1.807, 2.05) is 18.2 Å². The maximum Gasteiger partial charge on any atom is 0.408 e. The predicted molar refractivity (Wildman–Crippen MR) is 117 cm³/mol. The van der Waals surface area contributed by atoms with Gasteiger partial charge >= 0.3 is 12.1 Å². The van der Waals surface area contributed by atoms with Crippen LogP contribution in [0.1, 0.15) is 16.8 Å². The van der Waals surface area contributed by atoms with E-state index >= 15 is 0 Å². The topological polar surface area (TPSA) is 154 Å². The molecule has 1 heterocycles. The highest BCUT2D eigenvalue weighted by Gasteiger charge is 2.28. The largest absolute Gasteiger partial charge is 0.508 e. The Bertz CT molecular complexity index is 1050. The number of aromatic amines is 1. The van der Waals surface area contributed by atoms with Crippen LogP contribution in [-0.4, -0.2) is 50.2 Å². The van der Waals surface area contributed by atoms with Gasteiger partial charge in [0.25, 0.3) is 0 Å². The SMILES string of the molecule is O=C(N[C@H](Cc1cnc[nH]1)C(=O)N[C@@H](Cc1ccc(O)cc1)C(=O)O)OCc1ccccc1. The van der Waals surface area contributed by atoms with Gasteiger partial charge in [-0.3, -0.25) is 4.79 Å². The number of carboxylic acids is 1. The van der Waals surface area contributed by atoms with Crippen molar-refractivity contribution in [3.8, 4) is 5.75 Å². The summed E-state index contributed by atoms with van der Waals surface area (Å²) in [4.78, 5) is 43.7. The van der Waals surface area contributed by atoms with Crippen LogP contribution in [0.3, 0.4) is 0 Å². The number of carbonyl (C=O) groups is 3. The number of imidazole rings is 1. The first-order valence-electron chi connectivity index (χ1n) is 10.2. The van der Waals surface area contributed by atoms with E-state index in [0.717, 1.165) is 5.56 Å². The quantitative estimate of drug-likeness (QED) is 0.314. The van der Waals surface area contributed by atoms with Crippen LogP contribution in [-0.2, 0) is 33.8 Å². The monoisotopic (exact) mass is 452 g/mol. The molecule has 3 rings (SSSR count). The molecule has 0 fully saturated rings. The summed E-state index contributed by atoms with van der Waals surface area (Å²) in [5, 5.41) is 23.9. The smallest absolute Gasteiger partial charge is 0.408 e. The molecule has 2 aromatic carbocycles. The highest BCUT2D eigenvalue weighted by molar-refractivity contribution is 5.89. The number of aromatic nitrogens is 2. The van der Waals surface area contributed by atoms with Crippen LogP contribution in [0.2, 0.25) is 0 Å². The Morgan fingerprint density at radius 2 is 1.67 bits per heavy atom. The molecule has 33 heavy (non-hydrogen) atoms. The molecule has 3 aromatic rings. The molecule has 0 aliphatic heterocycles. The van der Waals surface area contributed by atoms with E-state index in [9.17, 15) is 24.6 Å². The number of rotatable bonds is 10. The highest BCUT2D eigenvalue weighted by atomic mass is 16.5. The first-order valence-corrected chi connectivity index (χ1v) is 10.2. The van der Waals surface area contributed by atoms with Crippen molar-refractivity contribution in [3.05, 3.63) is 83.9 Å². The molecule has 0 aliphatic rings. The number of H-pyrrole nitrogens is 1. The number of benzene rings is 2. The molecule has 10 heteroatoms. The van der Waals surface area contributed by atoms with E-state index in [1.54, 1.807) is 24.3 Å². The molecule has 0 saturated carbocycles. The lowest BCUT2D eigenvalue weighted by Crippen LogP contribution is -2.53. The summed E-state index contributed by atoms with van der Waals surface area (Å²) in [6.45, 7) is 0.0175. The number of alkyl carbamates (subject to hydrolysis) is 1. The highest BCUT2D eigenvalue weighted by Crippen LogP contribution is 2.12. The first-order chi connectivity index (χ1) is 15.9. The second kappa shape index (κ2) is 11.3. The van der Waals surface area contributed by atoms with Gasteiger partial charge in [0.1, 0.15) is 24.4 Å². The zero-order valence-electron chi connectivity index (χ0n) is 17.6. The first kappa shape index (κ1) is 23.3. The van der Waals surface area contributed by atoms with Crippen molar-refractivity contribution in [1.82, 2.24) is 20.6 Å². The van der Waals surface area contributed by atoms with Crippen LogP contribution in [0.5, 0.6) is 5.75 Å². The third-order valence-corrected chi connectivity index (χ3v) is 4.79. The maximum atomic E-state index is 12.9. The fourth-order valence-electron chi connectivity index (χ4n) is 3.07. The van der Waals surface area contributed by atoms with Crippen molar-refractivity contribution in [2.45, 2.75) is 31.5 Å². The third-order valence-electron chi connectivity index (χ3n) is 4.79. The zero-order valence-corrected chi connectivity index (χ0v) is 17.6. The maximum absolute atomic E-state index is 12.9. The van der Waals surface area contributed by atoms with Gasteiger partial charge in [-0.2, -0.15) is 0 Å². The van der Waals surface area contributed by atoms with E-state index in [0.29, 0.717) is 11.3 Å². The molecule has 0 aliphatic carbocycles. The summed E-state index contributed by atoms with van der Waals surface area (Å²) in [6.07, 6.45) is 2.17. The summed E-state index contributed by atoms with van der Waals surface area (Å²) in [6, 6.07) is 12.7. The van der Waals surface area contributed by atoms with Crippen LogP contribution in [0, 0.1) is 0 Å². The van der Waals surface area contributed by atoms with Gasteiger partial charge in [0.05, 0.1) is 6.33 Å². The Hall–Kier alpha value is -4.34. The molecule has 0 spiro atoms. The van der Waals surface area contributed by atoms with Crippen LogP contribution >= 0.6 is 0 Å². The molecule has 0 bridgehead atoms. The number of carboxylic acid groups (broad SMARTS) is 1. The lowest BCUT2D eigenvalue weighted by molar-refractivity contribution is -0.142. The average molecular weight is 452 g/mol. The average Bonchev–Trinajstić information content (AvgIpc) is 3.32. The number of aliphatic carboxylic acids is 1. The molecule has 2 atom stereocenters. The predicted octanol–water partition coefficient (Wildman–Crippen LogP) is 1.76. The van der Waals surface area contributed by atoms with Crippen LogP contribution in [0.25, 0.3) is 0 Å². The summed E-state index contributed by atoms with van der Waals surface area (Å²) in [5.41, 5.74) is 1.96. The Balaban J connectivity index is 1.66. The van der Waals surface area contributed by atoms with E-state index in [4.69, 9.17) is 4.74 Å². The fraction of sp³-hybridized carbons (Fsp3) is 0.217. The van der Waals surface area contributed by atoms with Gasteiger partial charge in [-0.05, 0) is 23.3 Å². The van der Waals surface area contributed by atoms with Crippen LogP contribution in [0.15, 0.2) is 67.1 Å². The molecule has 1 aromatic heterocycles. The zero-order chi connectivity index (χ0) is 23.6. The normalized spacial score (nSPS) is 12.4. The van der Waals surface area contributed by atoms with Crippen LogP contribution in [0.4, 0.5) is 4.79 Å². The number of ether oxygens (including phenoxy) is 1. The minimum absolute atomic E-state index is 0.00339. The van der Waals surface area contributed by atoms with E-state index in [-0.39, 0.29) is 25.2 Å². The van der Waals surface area contributed by atoms with Crippen molar-refractivity contribution in [2.24, 2.45) is 0 Å². The number of hydrogen-bond donors (Lipinski definition) is 5. The third kappa shape index (κ3) is 7.39. The summed E-state index contributed by atoms with van der Waals surface area (Å²) >= 11 is 0. The Morgan fingerprint density at radius 3 is 2.30 bits per heavy atom. The van der Waals surface area contributed by atoms with Gasteiger partial charge in [0.2, 0.25) is 5.91 Å². The lowest BCUT2D eigenvalue weighted by atomic mass is 10.0. The van der Waals surface area contributed by atoms with Gasteiger partial charge in [-0.25, -0.2) is 14.6 Å². The molecule has 0 saturated heterocycles. The van der Waals surface area contributed by atoms with Crippen LogP contribution < -0.4 is 10.6 Å². The summed E-state index contributed by atoms with van der Waals surface area (Å²) in [5.74, 6) is -1.87. The van der Waals surface area contributed by atoms with Gasteiger partial charge < -0.3 is 30.6 Å². The minimum Gasteiger partial charge on any atom is -0.508 e. The van der Waals surface area contributed by atoms with Crippen molar-refractivity contribution >= 4 is 18.0 Å². The number of phenols is 1. The molecule has 0 radical (unpaired) electrons. The molecule has 5 N–H and O–H groups in total. The number of nitrogens with zero attached hydrogens (tertiary/aromatic N) is 1. The van der Waals surface area contributed by atoms with Gasteiger partial charge in [0, 0.05) is 24.7 Å². The van der Waals surface area contributed by atoms with Gasteiger partial charge in [0.15, 0.2) is 0 Å². The second-order valence-corrected chi connectivity index (χ2v) is 7.31. The number of aromatic hydroxyl groups is 1. The van der Waals surface area contributed by atoms with E-state index in [2.05, 4.69) is 20.6 Å². The molecule has 2 amide bonds. The number of nitrogens with one attached hydrogen (secondary N) is 3. The van der Waals surface area contributed by atoms with Crippen molar-refractivity contribution in [3.63, 3.8) is 0 Å². The van der Waals surface area contributed by atoms with Crippen molar-refractivity contribution < 1.29 is 29.3 Å². The standard InChI is InChI=1S/C23H24N4O6/c28-18-8-6-15(7-9-18)10-20(22(30)31)26-21(29)19(11-17-12-24-14-25-17)27-23(32)33-13-16-4-2-1-3-5-16/h1-9,12,14,19-20,28H,10-11,13H2,(H,24,25)(H,26,29)(H,27,32)(H,30,31)/t19-,20+/m1/s1. The Kier molecular flexibility index (Phi) is 8.01. The van der Waals surface area contributed by atoms with E-state index < -0.39 is 30.1 Å². The number of amides is 2. The van der Waals surface area contributed by atoms with Gasteiger partial charge in [-0.15, -0.1) is 0 Å². The fourth-order valence-corrected chi connectivity index (χ4v) is 3.07. The molecular weight excluding hydrogens is 428 g/mol. The lowest BCUT2D eigenvalue weighted by Gasteiger charge is -2.21. The Morgan fingerprint density at radius 1 is 0.939 bits per heavy atom. The number of hydrogen-bond acceptors (Lipinski definition) is 6. The summed E-state index contributed by atoms with van der Waals surface area (Å²) in [7, 11) is 0. The molecule has 172 valence electrons. The molecule has 0 unspecified atom stereocenters. The van der Waals surface area contributed by atoms with E-state index in [1.165, 1.54) is 24.7 Å². The molecular formula is C23H24N4O6. The summed E-state index contributed by atoms with van der Waals surface area (Å²) < 4.78 is 5.19. The second-order valence-electron chi connectivity index (χ2n) is 7.31. The Labute approximate surface area is 189 Å². The van der Waals surface area contributed by atoms with Crippen molar-refractivity contribution in [2.75, 3.05) is 0 Å². The van der Waals surface area contributed by atoms with Crippen molar-refractivity contribution in [1.29, 1.82) is 0 Å².